The summed E-state index contributed by atoms with van der Waals surface area (Å²) in [5.41, 5.74) is 4.46. The topological polar surface area (TPSA) is 53.6 Å². The fourth-order valence-corrected chi connectivity index (χ4v) is 2.01. The number of benzene rings is 1. The van der Waals surface area contributed by atoms with Crippen LogP contribution in [0, 0.1) is 6.92 Å². The smallest absolute Gasteiger partial charge is 0.116 e. The average Bonchev–Trinajstić information content (AvgIpc) is 2.88. The van der Waals surface area contributed by atoms with Crippen molar-refractivity contribution < 1.29 is 0 Å². The van der Waals surface area contributed by atoms with Gasteiger partial charge < -0.3 is 5.32 Å². The molecule has 1 aromatic heterocycles. The Balaban J connectivity index is 1.96. The number of aromatic amines is 1. The van der Waals surface area contributed by atoms with Crippen LogP contribution in [0.1, 0.15) is 31.0 Å². The first-order valence-corrected chi connectivity index (χ1v) is 6.99. The number of nitrogens with zero attached hydrogens (tertiary/aromatic N) is 2. The van der Waals surface area contributed by atoms with Crippen LogP contribution in [0.3, 0.4) is 0 Å². The number of nitrogens with one attached hydrogen (secondary N) is 2. The van der Waals surface area contributed by atoms with E-state index in [4.69, 9.17) is 0 Å². The molecule has 0 aliphatic carbocycles. The zero-order valence-electron chi connectivity index (χ0n) is 11.7. The molecule has 0 aliphatic heterocycles. The second-order valence-corrected chi connectivity index (χ2v) is 4.86. The maximum absolute atomic E-state index is 4.20. The van der Waals surface area contributed by atoms with E-state index in [0.29, 0.717) is 0 Å². The third-order valence-corrected chi connectivity index (χ3v) is 3.20. The van der Waals surface area contributed by atoms with Gasteiger partial charge in [-0.15, -0.1) is 5.10 Å². The lowest BCUT2D eigenvalue weighted by atomic mass is 10.1. The zero-order valence-corrected chi connectivity index (χ0v) is 11.7. The fourth-order valence-electron chi connectivity index (χ4n) is 2.01. The van der Waals surface area contributed by atoms with Crippen molar-refractivity contribution in [3.05, 3.63) is 35.5 Å². The highest BCUT2D eigenvalue weighted by Crippen LogP contribution is 2.20. The average molecular weight is 258 g/mol. The first kappa shape index (κ1) is 13.7. The van der Waals surface area contributed by atoms with Gasteiger partial charge in [-0.2, -0.15) is 0 Å². The Morgan fingerprint density at radius 1 is 1.16 bits per heavy atom. The molecular weight excluding hydrogens is 236 g/mol. The molecular formula is C15H22N4. The van der Waals surface area contributed by atoms with Crippen molar-refractivity contribution in [3.63, 3.8) is 0 Å². The van der Waals surface area contributed by atoms with Gasteiger partial charge >= 0.3 is 0 Å². The van der Waals surface area contributed by atoms with Crippen molar-refractivity contribution in [1.82, 2.24) is 20.7 Å². The van der Waals surface area contributed by atoms with Gasteiger partial charge in [0.2, 0.25) is 0 Å². The van der Waals surface area contributed by atoms with Crippen molar-refractivity contribution in [2.24, 2.45) is 0 Å². The molecule has 4 nitrogen and oxygen atoms in total. The van der Waals surface area contributed by atoms with Crippen molar-refractivity contribution in [3.8, 4) is 11.3 Å². The monoisotopic (exact) mass is 258 g/mol. The molecule has 102 valence electrons. The standard InChI is InChI=1S/C15H22N4/c1-3-4-10-16-11-9-14-15(18-19-17-14)13-7-5-12(2)6-8-13/h5-8,16H,3-4,9-11H2,1-2H3,(H,17,18,19). The molecule has 4 heteroatoms. The molecule has 0 unspecified atom stereocenters. The van der Waals surface area contributed by atoms with E-state index in [1.165, 1.54) is 18.4 Å². The second-order valence-electron chi connectivity index (χ2n) is 4.86. The van der Waals surface area contributed by atoms with E-state index in [-0.39, 0.29) is 0 Å². The van der Waals surface area contributed by atoms with E-state index >= 15 is 0 Å². The highest BCUT2D eigenvalue weighted by Gasteiger charge is 2.08. The van der Waals surface area contributed by atoms with Gasteiger partial charge in [-0.3, -0.25) is 5.10 Å². The third-order valence-electron chi connectivity index (χ3n) is 3.20. The van der Waals surface area contributed by atoms with Crippen LogP contribution in [0.5, 0.6) is 0 Å². The quantitative estimate of drug-likeness (QED) is 0.751. The second kappa shape index (κ2) is 7.04. The molecule has 0 radical (unpaired) electrons. The molecule has 0 aliphatic rings. The Hall–Kier alpha value is -1.68. The molecule has 0 saturated carbocycles. The van der Waals surface area contributed by atoms with Gasteiger partial charge in [0.15, 0.2) is 0 Å². The number of hydrogen-bond acceptors (Lipinski definition) is 3. The third kappa shape index (κ3) is 3.89. The van der Waals surface area contributed by atoms with Crippen LogP contribution in [-0.2, 0) is 6.42 Å². The molecule has 0 atom stereocenters. The van der Waals surface area contributed by atoms with Crippen LogP contribution in [0.25, 0.3) is 11.3 Å². The zero-order chi connectivity index (χ0) is 13.5. The van der Waals surface area contributed by atoms with Gasteiger partial charge in [-0.05, 0) is 19.9 Å². The van der Waals surface area contributed by atoms with Crippen molar-refractivity contribution in [2.75, 3.05) is 13.1 Å². The van der Waals surface area contributed by atoms with Crippen LogP contribution in [0.15, 0.2) is 24.3 Å². The molecule has 1 aromatic carbocycles. The molecule has 0 saturated heterocycles. The molecule has 0 spiro atoms. The van der Waals surface area contributed by atoms with Gasteiger partial charge in [0, 0.05) is 18.5 Å². The van der Waals surface area contributed by atoms with Gasteiger partial charge in [0.25, 0.3) is 0 Å². The molecule has 0 bridgehead atoms. The minimum Gasteiger partial charge on any atom is -0.316 e. The van der Waals surface area contributed by atoms with Crippen LogP contribution >= 0.6 is 0 Å². The number of H-pyrrole nitrogens is 1. The van der Waals surface area contributed by atoms with Gasteiger partial charge in [-0.25, -0.2) is 0 Å². The molecule has 0 amide bonds. The molecule has 0 fully saturated rings. The number of rotatable bonds is 7. The highest BCUT2D eigenvalue weighted by molar-refractivity contribution is 5.61. The SMILES string of the molecule is CCCCNCCc1[nH]nnc1-c1ccc(C)cc1. The lowest BCUT2D eigenvalue weighted by Crippen LogP contribution is -2.18. The summed E-state index contributed by atoms with van der Waals surface area (Å²) in [5.74, 6) is 0. The Kier molecular flexibility index (Phi) is 5.10. The lowest BCUT2D eigenvalue weighted by molar-refractivity contribution is 0.636. The summed E-state index contributed by atoms with van der Waals surface area (Å²) in [6, 6.07) is 8.41. The van der Waals surface area contributed by atoms with E-state index in [1.807, 2.05) is 0 Å². The number of aryl methyl sites for hydroxylation is 1. The first-order valence-electron chi connectivity index (χ1n) is 6.99. The molecule has 1 heterocycles. The highest BCUT2D eigenvalue weighted by atomic mass is 15.3. The van der Waals surface area contributed by atoms with Gasteiger partial charge in [0.1, 0.15) is 5.69 Å². The summed E-state index contributed by atoms with van der Waals surface area (Å²) >= 11 is 0. The molecule has 2 aromatic rings. The van der Waals surface area contributed by atoms with Crippen molar-refractivity contribution >= 4 is 0 Å². The van der Waals surface area contributed by atoms with Crippen LogP contribution in [0.4, 0.5) is 0 Å². The molecule has 19 heavy (non-hydrogen) atoms. The Labute approximate surface area is 114 Å². The summed E-state index contributed by atoms with van der Waals surface area (Å²) < 4.78 is 0. The number of aromatic nitrogens is 3. The minimum atomic E-state index is 0.930. The van der Waals surface area contributed by atoms with Crippen LogP contribution in [0.2, 0.25) is 0 Å². The molecule has 2 N–H and O–H groups in total. The fraction of sp³-hybridized carbons (Fsp3) is 0.467. The largest absolute Gasteiger partial charge is 0.316 e. The number of unbranched alkanes of at least 4 members (excludes halogenated alkanes) is 1. The van der Waals surface area contributed by atoms with Gasteiger partial charge in [-0.1, -0.05) is 48.4 Å². The van der Waals surface area contributed by atoms with E-state index < -0.39 is 0 Å². The Bertz CT molecular complexity index is 487. The summed E-state index contributed by atoms with van der Waals surface area (Å²) in [6.07, 6.45) is 3.39. The maximum atomic E-state index is 4.20. The maximum Gasteiger partial charge on any atom is 0.116 e. The molecule has 2 rings (SSSR count). The van der Waals surface area contributed by atoms with Gasteiger partial charge in [0.05, 0.1) is 5.69 Å². The predicted molar refractivity (Wildman–Crippen MR) is 78.0 cm³/mol. The van der Waals surface area contributed by atoms with E-state index in [1.54, 1.807) is 0 Å². The normalized spacial score (nSPS) is 10.8. The van der Waals surface area contributed by atoms with Crippen LogP contribution < -0.4 is 5.32 Å². The summed E-state index contributed by atoms with van der Waals surface area (Å²) in [7, 11) is 0. The van der Waals surface area contributed by atoms with Crippen molar-refractivity contribution in [1.29, 1.82) is 0 Å². The van der Waals surface area contributed by atoms with Crippen LogP contribution in [-0.4, -0.2) is 28.5 Å². The van der Waals surface area contributed by atoms with E-state index in [9.17, 15) is 0 Å². The summed E-state index contributed by atoms with van der Waals surface area (Å²) in [5, 5.41) is 14.6. The minimum absolute atomic E-state index is 0.930. The summed E-state index contributed by atoms with van der Waals surface area (Å²) in [4.78, 5) is 0. The lowest BCUT2D eigenvalue weighted by Gasteiger charge is -2.04. The van der Waals surface area contributed by atoms with E-state index in [2.05, 4.69) is 58.8 Å². The predicted octanol–water partition coefficient (Wildman–Crippen LogP) is 2.71. The number of hydrogen-bond donors (Lipinski definition) is 2. The Morgan fingerprint density at radius 3 is 2.68 bits per heavy atom. The Morgan fingerprint density at radius 2 is 1.95 bits per heavy atom. The first-order chi connectivity index (χ1) is 9.31. The summed E-state index contributed by atoms with van der Waals surface area (Å²) in [6.45, 7) is 6.34. The van der Waals surface area contributed by atoms with E-state index in [0.717, 1.165) is 36.5 Å². The van der Waals surface area contributed by atoms with Crippen molar-refractivity contribution in [2.45, 2.75) is 33.1 Å².